The van der Waals surface area contributed by atoms with Crippen molar-refractivity contribution in [3.05, 3.63) is 11.0 Å². The molecular weight excluding hydrogens is 342 g/mol. The molecule has 0 saturated carbocycles. The summed E-state index contributed by atoms with van der Waals surface area (Å²) in [7, 11) is 0. The molecule has 23 heavy (non-hydrogen) atoms. The van der Waals surface area contributed by atoms with Crippen LogP contribution in [0.5, 0.6) is 0 Å². The highest BCUT2D eigenvalue weighted by Gasteiger charge is 2.55. The minimum Gasteiger partial charge on any atom is -0.394 e. The zero-order chi connectivity index (χ0) is 18.6. The molecule has 0 amide bonds. The first-order valence-electron chi connectivity index (χ1n) is 7.50. The smallest absolute Gasteiger partial charge is 0.200 e. The van der Waals surface area contributed by atoms with E-state index in [4.69, 9.17) is 37.0 Å². The van der Waals surface area contributed by atoms with Crippen molar-refractivity contribution in [1.29, 1.82) is 0 Å². The van der Waals surface area contributed by atoms with Crippen LogP contribution in [-0.4, -0.2) is 53.4 Å². The first kappa shape index (κ1) is 13.7. The summed E-state index contributed by atoms with van der Waals surface area (Å²) in [4.78, 5) is 9.06. The molecule has 1 unspecified atom stereocenters. The van der Waals surface area contributed by atoms with E-state index in [0.29, 0.717) is 11.2 Å². The van der Waals surface area contributed by atoms with Crippen LogP contribution in [0.25, 0.3) is 11.2 Å². The minimum absolute atomic E-state index is 0.0357. The highest BCUT2D eigenvalue weighted by molar-refractivity contribution is 7.71. The van der Waals surface area contributed by atoms with Crippen molar-refractivity contribution in [2.45, 2.75) is 30.2 Å². The third-order valence-corrected chi connectivity index (χ3v) is 4.30. The minimum atomic E-state index is -2.84. The number of aromatic nitrogens is 4. The van der Waals surface area contributed by atoms with Gasteiger partial charge in [-0.3, -0.25) is 4.57 Å². The van der Waals surface area contributed by atoms with E-state index in [0.717, 1.165) is 0 Å². The number of anilines is 1. The Balaban J connectivity index is 2.21. The molecule has 8 nitrogen and oxygen atoms in total. The number of hydrogen-bond acceptors (Lipinski definition) is 7. The molecular formula is C13H14ClN5O3S. The lowest BCUT2D eigenvalue weighted by Crippen LogP contribution is -2.41. The highest BCUT2D eigenvalue weighted by atomic mass is 35.5. The lowest BCUT2D eigenvalue weighted by Gasteiger charge is -2.25. The summed E-state index contributed by atoms with van der Waals surface area (Å²) in [6, 6.07) is 0. The number of H-pyrrole nitrogens is 1. The molecule has 3 rings (SSSR count). The van der Waals surface area contributed by atoms with Crippen LogP contribution in [0.3, 0.4) is 0 Å². The van der Waals surface area contributed by atoms with Crippen molar-refractivity contribution in [3.8, 4) is 11.8 Å². The Hall–Kier alpha value is -1.70. The monoisotopic (exact) mass is 357 g/mol. The SMILES string of the molecule is [2H]C([2H])(O)[C@H]1O[C@@H](n2cnc3c(=S)nc(N)[nH]c32)C(Cl)(C#CC)[C@H]1O. The summed E-state index contributed by atoms with van der Waals surface area (Å²) in [5, 5.41) is 20.1. The van der Waals surface area contributed by atoms with Gasteiger partial charge in [-0.15, -0.1) is 5.92 Å². The third kappa shape index (κ3) is 2.39. The average molecular weight is 358 g/mol. The van der Waals surface area contributed by atoms with Crippen LogP contribution in [-0.2, 0) is 4.74 Å². The Kier molecular flexibility index (Phi) is 3.42. The van der Waals surface area contributed by atoms with Gasteiger partial charge in [0.2, 0.25) is 0 Å². The molecule has 1 aliphatic rings. The number of halogens is 1. The molecule has 1 aliphatic heterocycles. The van der Waals surface area contributed by atoms with Crippen LogP contribution in [0.15, 0.2) is 6.33 Å². The lowest BCUT2D eigenvalue weighted by molar-refractivity contribution is -0.0436. The molecule has 2 aromatic heterocycles. The van der Waals surface area contributed by atoms with Gasteiger partial charge in [-0.1, -0.05) is 29.7 Å². The quantitative estimate of drug-likeness (QED) is 0.347. The number of rotatable bonds is 2. The van der Waals surface area contributed by atoms with E-state index in [1.54, 1.807) is 0 Å². The van der Waals surface area contributed by atoms with Crippen LogP contribution < -0.4 is 5.73 Å². The lowest BCUT2D eigenvalue weighted by atomic mass is 9.99. The molecule has 0 spiro atoms. The summed E-state index contributed by atoms with van der Waals surface area (Å²) < 4.78 is 22.0. The van der Waals surface area contributed by atoms with Crippen LogP contribution in [0.4, 0.5) is 5.95 Å². The number of aliphatic hydroxyl groups excluding tert-OH is 1. The second-order valence-electron chi connectivity index (χ2n) is 4.90. The summed E-state index contributed by atoms with van der Waals surface area (Å²) in [5.41, 5.74) is 6.31. The van der Waals surface area contributed by atoms with Crippen LogP contribution >= 0.6 is 23.8 Å². The largest absolute Gasteiger partial charge is 0.394 e. The summed E-state index contributed by atoms with van der Waals surface area (Å²) in [5.74, 6) is 5.26. The molecule has 1 fully saturated rings. The number of imidazole rings is 1. The Morgan fingerprint density at radius 3 is 3.13 bits per heavy atom. The van der Waals surface area contributed by atoms with Gasteiger partial charge in [-0.2, -0.15) is 0 Å². The number of alkyl halides is 1. The van der Waals surface area contributed by atoms with Gasteiger partial charge >= 0.3 is 0 Å². The van der Waals surface area contributed by atoms with Crippen molar-refractivity contribution in [2.24, 2.45) is 0 Å². The molecule has 1 saturated heterocycles. The fourth-order valence-electron chi connectivity index (χ4n) is 2.51. The maximum Gasteiger partial charge on any atom is 0.200 e. The topological polar surface area (TPSA) is 122 Å². The van der Waals surface area contributed by atoms with Gasteiger partial charge < -0.3 is 25.7 Å². The van der Waals surface area contributed by atoms with Gasteiger partial charge in [-0.05, 0) is 6.92 Å². The van der Waals surface area contributed by atoms with E-state index in [9.17, 15) is 10.2 Å². The number of ether oxygens (including phenoxy) is 1. The first-order chi connectivity index (χ1) is 11.6. The fraction of sp³-hybridized carbons (Fsp3) is 0.462. The Morgan fingerprint density at radius 2 is 2.48 bits per heavy atom. The predicted molar refractivity (Wildman–Crippen MR) is 86.2 cm³/mol. The number of nitrogens with one attached hydrogen (secondary N) is 1. The van der Waals surface area contributed by atoms with E-state index in [1.807, 2.05) is 0 Å². The van der Waals surface area contributed by atoms with E-state index >= 15 is 0 Å². The summed E-state index contributed by atoms with van der Waals surface area (Å²) in [6.07, 6.45) is -3.10. The zero-order valence-corrected chi connectivity index (χ0v) is 13.4. The Labute approximate surface area is 144 Å². The number of nitrogens with zero attached hydrogens (tertiary/aromatic N) is 3. The standard InChI is InChI=1S/C13H14ClN5O3S/c1-2-3-13(14)8(21)6(4-20)22-11(13)19-5-16-7-9(19)17-12(15)18-10(7)23/h5-6,8,11,20-21H,4H2,1H3,(H3,15,17,18,23)/t6-,8+,11-,13?/m1/s1/i4D2. The van der Waals surface area contributed by atoms with Crippen molar-refractivity contribution in [2.75, 3.05) is 12.3 Å². The number of fused-ring (bicyclic) bond motifs is 1. The maximum atomic E-state index is 10.5. The van der Waals surface area contributed by atoms with Crippen LogP contribution in [0, 0.1) is 16.5 Å². The molecule has 122 valence electrons. The maximum absolute atomic E-state index is 10.5. The van der Waals surface area contributed by atoms with Crippen molar-refractivity contribution in [3.63, 3.8) is 0 Å². The van der Waals surface area contributed by atoms with Gasteiger partial charge in [-0.25, -0.2) is 9.97 Å². The number of nitrogen functional groups attached to an aromatic ring is 1. The first-order valence-corrected chi connectivity index (χ1v) is 7.29. The molecule has 0 bridgehead atoms. The molecule has 5 N–H and O–H groups in total. The van der Waals surface area contributed by atoms with Crippen molar-refractivity contribution >= 4 is 40.9 Å². The predicted octanol–water partition coefficient (Wildman–Crippen LogP) is 0.323. The molecule has 0 aliphatic carbocycles. The zero-order valence-electron chi connectivity index (χ0n) is 13.8. The highest BCUT2D eigenvalue weighted by Crippen LogP contribution is 2.44. The van der Waals surface area contributed by atoms with E-state index in [1.165, 1.54) is 17.8 Å². The number of hydrogen-bond donors (Lipinski definition) is 4. The molecule has 3 heterocycles. The van der Waals surface area contributed by atoms with Gasteiger partial charge in [0.15, 0.2) is 21.7 Å². The fourth-order valence-corrected chi connectivity index (χ4v) is 3.12. The normalized spacial score (nSPS) is 32.3. The number of nitrogens with two attached hydrogens (primary N) is 1. The van der Waals surface area contributed by atoms with Crippen LogP contribution in [0.1, 0.15) is 15.9 Å². The number of aliphatic hydroxyl groups is 2. The van der Waals surface area contributed by atoms with Crippen LogP contribution in [0.2, 0.25) is 0 Å². The van der Waals surface area contributed by atoms with E-state index < -0.39 is 29.9 Å². The van der Waals surface area contributed by atoms with Gasteiger partial charge in [0.25, 0.3) is 0 Å². The Bertz CT molecular complexity index is 949. The van der Waals surface area contributed by atoms with Crippen molar-refractivity contribution < 1.29 is 17.7 Å². The van der Waals surface area contributed by atoms with Gasteiger partial charge in [0, 0.05) is 0 Å². The third-order valence-electron chi connectivity index (χ3n) is 3.51. The second-order valence-corrected chi connectivity index (χ2v) is 5.91. The molecule has 4 atom stereocenters. The molecule has 10 heteroatoms. The van der Waals surface area contributed by atoms with Crippen molar-refractivity contribution in [1.82, 2.24) is 19.5 Å². The average Bonchev–Trinajstić information content (AvgIpc) is 3.00. The summed E-state index contributed by atoms with van der Waals surface area (Å²) in [6.45, 7) is -1.33. The Morgan fingerprint density at radius 1 is 1.74 bits per heavy atom. The van der Waals surface area contributed by atoms with E-state index in [-0.39, 0.29) is 10.6 Å². The summed E-state index contributed by atoms with van der Waals surface area (Å²) >= 11 is 11.6. The second kappa shape index (κ2) is 5.74. The molecule has 0 radical (unpaired) electrons. The molecule has 2 aromatic rings. The van der Waals surface area contributed by atoms with E-state index in [2.05, 4.69) is 26.8 Å². The number of aromatic amines is 1. The van der Waals surface area contributed by atoms with Gasteiger partial charge in [0.05, 0.1) is 15.6 Å². The molecule has 0 aromatic carbocycles. The van der Waals surface area contributed by atoms with Gasteiger partial charge in [0.1, 0.15) is 23.4 Å².